The summed E-state index contributed by atoms with van der Waals surface area (Å²) in [6, 6.07) is 66.1. The van der Waals surface area contributed by atoms with Crippen LogP contribution in [0.1, 0.15) is 0 Å². The number of aromatic nitrogens is 5. The summed E-state index contributed by atoms with van der Waals surface area (Å²) >= 11 is 0.127. The van der Waals surface area contributed by atoms with Gasteiger partial charge in [0.25, 0.3) is 0 Å². The fourth-order valence-corrected chi connectivity index (χ4v) is 10.0. The number of benzene rings is 8. The van der Waals surface area contributed by atoms with E-state index in [1.165, 1.54) is 47.1 Å². The molecular weight excluding hydrogens is 750 g/mol. The first kappa shape index (κ1) is 32.4. The average molecular weight is 781 g/mol. The van der Waals surface area contributed by atoms with Gasteiger partial charge in [-0.25, -0.2) is 15.0 Å². The number of nitrogens with zero attached hydrogens (tertiary/aromatic N) is 5. The summed E-state index contributed by atoms with van der Waals surface area (Å²) in [6.45, 7) is 0. The maximum Gasteiger partial charge on any atom is -0.0512 e. The molecule has 0 fully saturated rings. The van der Waals surface area contributed by atoms with Crippen molar-refractivity contribution >= 4 is 56.9 Å². The molecule has 0 unspecified atom stereocenters. The van der Waals surface area contributed by atoms with Gasteiger partial charge in [-0.05, 0) is 0 Å². The predicted octanol–water partition coefficient (Wildman–Crippen LogP) is 12.1. The molecule has 0 spiro atoms. The number of hydrogen-bond acceptors (Lipinski definition) is 4. The van der Waals surface area contributed by atoms with E-state index in [0.717, 1.165) is 38.9 Å². The van der Waals surface area contributed by atoms with Crippen LogP contribution in [0.15, 0.2) is 188 Å². The Labute approximate surface area is 329 Å². The Morgan fingerprint density at radius 2 is 0.893 bits per heavy atom. The molecule has 3 aromatic heterocycles. The molecule has 262 valence electrons. The maximum absolute atomic E-state index is 5.08. The quantitative estimate of drug-likeness (QED) is 0.158. The van der Waals surface area contributed by atoms with Gasteiger partial charge in [0, 0.05) is 11.1 Å². The summed E-state index contributed by atoms with van der Waals surface area (Å²) in [6.07, 6.45) is 0. The molecule has 11 aromatic rings. The van der Waals surface area contributed by atoms with Gasteiger partial charge >= 0.3 is 226 Å². The fraction of sp³-hybridized carbons (Fsp3) is 0. The molecule has 11 rings (SSSR count). The van der Waals surface area contributed by atoms with E-state index < -0.39 is 0 Å². The van der Waals surface area contributed by atoms with Gasteiger partial charge in [-0.2, -0.15) is 0 Å². The van der Waals surface area contributed by atoms with Crippen molar-refractivity contribution in [3.05, 3.63) is 188 Å². The molecule has 0 aliphatic rings. The van der Waals surface area contributed by atoms with E-state index in [1.807, 2.05) is 60.7 Å². The van der Waals surface area contributed by atoms with Crippen LogP contribution in [-0.2, 0) is 0 Å². The van der Waals surface area contributed by atoms with Gasteiger partial charge in [0.2, 0.25) is 0 Å². The van der Waals surface area contributed by atoms with Crippen molar-refractivity contribution in [1.29, 1.82) is 0 Å². The first-order valence-electron chi connectivity index (χ1n) is 18.6. The van der Waals surface area contributed by atoms with E-state index in [4.69, 9.17) is 19.9 Å². The van der Waals surface area contributed by atoms with Crippen LogP contribution in [-0.4, -0.2) is 39.0 Å². The minimum Gasteiger partial charge on any atom is -0.208 e. The molecule has 0 amide bonds. The second-order valence-corrected chi connectivity index (χ2v) is 16.0. The fourth-order valence-electron chi connectivity index (χ4n) is 7.72. The Morgan fingerprint density at radius 3 is 1.55 bits per heavy atom. The first-order chi connectivity index (χ1) is 27.7. The van der Waals surface area contributed by atoms with Gasteiger partial charge in [0.1, 0.15) is 0 Å². The second kappa shape index (κ2) is 13.4. The Hall–Kier alpha value is -6.98. The predicted molar refractivity (Wildman–Crippen MR) is 231 cm³/mol. The summed E-state index contributed by atoms with van der Waals surface area (Å²) < 4.78 is 4.90. The third-order valence-electron chi connectivity index (χ3n) is 10.5. The van der Waals surface area contributed by atoms with E-state index in [0.29, 0.717) is 17.5 Å². The van der Waals surface area contributed by atoms with Crippen LogP contribution in [0.25, 0.3) is 103 Å². The summed E-state index contributed by atoms with van der Waals surface area (Å²) in [5, 5.41) is 4.89. The van der Waals surface area contributed by atoms with Crippen LogP contribution in [0.5, 0.6) is 0 Å². The molecule has 0 aliphatic carbocycles. The van der Waals surface area contributed by atoms with Gasteiger partial charge in [0.05, 0.1) is 0 Å². The van der Waals surface area contributed by atoms with Crippen molar-refractivity contribution in [2.45, 2.75) is 0 Å². The zero-order valence-electron chi connectivity index (χ0n) is 30.0. The van der Waals surface area contributed by atoms with Crippen LogP contribution < -0.4 is 0 Å². The minimum atomic E-state index is 0.127. The van der Waals surface area contributed by atoms with Crippen LogP contribution in [0.3, 0.4) is 0 Å². The third kappa shape index (κ3) is 5.63. The largest absolute Gasteiger partial charge is 0.208 e. The number of fused-ring (bicyclic) bond motifs is 6. The van der Waals surface area contributed by atoms with Crippen molar-refractivity contribution in [2.75, 3.05) is 0 Å². The molecule has 6 heteroatoms. The number of rotatable bonds is 6. The first-order valence-corrected chi connectivity index (χ1v) is 20.3. The monoisotopic (exact) mass is 781 g/mol. The van der Waals surface area contributed by atoms with Crippen molar-refractivity contribution in [3.8, 4) is 61.1 Å². The molecule has 3 heterocycles. The van der Waals surface area contributed by atoms with Gasteiger partial charge in [0.15, 0.2) is 11.6 Å². The number of para-hydroxylation sites is 1. The second-order valence-electron chi connectivity index (χ2n) is 13.9. The molecule has 0 N–H and O–H groups in total. The average Bonchev–Trinajstić information content (AvgIpc) is 3.87. The van der Waals surface area contributed by atoms with E-state index in [-0.39, 0.29) is 14.5 Å². The molecular formula is C50H31N5Se. The molecule has 8 aromatic carbocycles. The van der Waals surface area contributed by atoms with Crippen LogP contribution in [0.2, 0.25) is 0 Å². The molecule has 0 bridgehead atoms. The van der Waals surface area contributed by atoms with Gasteiger partial charge in [-0.3, -0.25) is 0 Å². The van der Waals surface area contributed by atoms with E-state index in [9.17, 15) is 0 Å². The van der Waals surface area contributed by atoms with E-state index in [1.54, 1.807) is 0 Å². The molecule has 0 saturated carbocycles. The Balaban J connectivity index is 1.08. The van der Waals surface area contributed by atoms with Crippen LogP contribution in [0, 0.1) is 0 Å². The molecule has 0 saturated heterocycles. The summed E-state index contributed by atoms with van der Waals surface area (Å²) in [4.78, 5) is 20.1. The van der Waals surface area contributed by atoms with E-state index >= 15 is 0 Å². The zero-order valence-corrected chi connectivity index (χ0v) is 31.8. The summed E-state index contributed by atoms with van der Waals surface area (Å²) in [5.41, 5.74) is 10.8. The van der Waals surface area contributed by atoms with Crippen LogP contribution >= 0.6 is 0 Å². The van der Waals surface area contributed by atoms with Gasteiger partial charge in [-0.1, -0.05) is 66.7 Å². The van der Waals surface area contributed by atoms with Crippen molar-refractivity contribution in [3.63, 3.8) is 0 Å². The standard InChI is InChI=1S/C50H31N5Se/c1-5-13-33(14-6-1)47-52-48(34-15-7-2-8-16-34)54-49(53-47)38-23-26-40-42-30-37(25-28-44(42)55(45(40)31-38)39-19-11-4-12-20-39)36-22-21-32-24-27-43-46(41(32)29-36)56-50(51-43)35-17-9-3-10-18-35/h1-31H. The van der Waals surface area contributed by atoms with Gasteiger partial charge in [-0.15, -0.1) is 0 Å². The minimum absolute atomic E-state index is 0.127. The normalized spacial score (nSPS) is 11.6. The van der Waals surface area contributed by atoms with Crippen LogP contribution in [0.4, 0.5) is 0 Å². The SMILES string of the molecule is c1ccc(-c2nc(-c3ccccc3)nc(-c3ccc4c5cc(-c6ccc7ccc8nc(-c9ccccc9)[se]c8c7c6)ccc5n(-c5ccccc5)c4c3)n2)cc1. The third-order valence-corrected chi connectivity index (χ3v) is 12.9. The molecule has 0 radical (unpaired) electrons. The summed E-state index contributed by atoms with van der Waals surface area (Å²) in [5.74, 6) is 1.93. The number of hydrogen-bond donors (Lipinski definition) is 0. The maximum atomic E-state index is 5.08. The van der Waals surface area contributed by atoms with Gasteiger partial charge < -0.3 is 0 Å². The summed E-state index contributed by atoms with van der Waals surface area (Å²) in [7, 11) is 0. The Kier molecular flexibility index (Phi) is 7.76. The van der Waals surface area contributed by atoms with Crippen molar-refractivity contribution in [1.82, 2.24) is 24.5 Å². The van der Waals surface area contributed by atoms with E-state index in [2.05, 4.69) is 132 Å². The van der Waals surface area contributed by atoms with Crippen molar-refractivity contribution in [2.24, 2.45) is 0 Å². The molecule has 56 heavy (non-hydrogen) atoms. The van der Waals surface area contributed by atoms with Crippen molar-refractivity contribution < 1.29 is 0 Å². The Morgan fingerprint density at radius 1 is 0.357 bits per heavy atom. The zero-order chi connectivity index (χ0) is 37.0. The molecule has 5 nitrogen and oxygen atoms in total. The smallest absolute Gasteiger partial charge is 0.0512 e. The Bertz CT molecular complexity index is 3170. The molecule has 0 aliphatic heterocycles. The molecule has 0 atom stereocenters. The topological polar surface area (TPSA) is 56.5 Å².